The summed E-state index contributed by atoms with van der Waals surface area (Å²) in [5.74, 6) is 0.456. The maximum atomic E-state index is 13.7. The molecule has 1 fully saturated rings. The van der Waals surface area contributed by atoms with Gasteiger partial charge in [0.2, 0.25) is 10.0 Å². The van der Waals surface area contributed by atoms with Gasteiger partial charge < -0.3 is 9.47 Å². The van der Waals surface area contributed by atoms with Gasteiger partial charge in [-0.05, 0) is 54.7 Å². The number of imidazole rings is 1. The summed E-state index contributed by atoms with van der Waals surface area (Å²) in [7, 11) is 0.0140. The highest BCUT2D eigenvalue weighted by atomic mass is 32.2. The van der Waals surface area contributed by atoms with Gasteiger partial charge in [0, 0.05) is 38.9 Å². The van der Waals surface area contributed by atoms with E-state index in [9.17, 15) is 12.8 Å². The summed E-state index contributed by atoms with van der Waals surface area (Å²) < 4.78 is 44.3. The molecule has 37 heavy (non-hydrogen) atoms. The van der Waals surface area contributed by atoms with Gasteiger partial charge in [0.25, 0.3) is 0 Å². The summed E-state index contributed by atoms with van der Waals surface area (Å²) in [6, 6.07) is 17.6. The molecule has 0 spiro atoms. The molecular formula is C28H30FN5O2S. The molecule has 4 aromatic rings. The highest BCUT2D eigenvalue weighted by Crippen LogP contribution is 2.40. The van der Waals surface area contributed by atoms with E-state index >= 15 is 0 Å². The average molecular weight is 520 g/mol. The Hall–Kier alpha value is -3.56. The van der Waals surface area contributed by atoms with Gasteiger partial charge in [0.05, 0.1) is 24.3 Å². The Morgan fingerprint density at radius 1 is 1.03 bits per heavy atom. The van der Waals surface area contributed by atoms with Crippen LogP contribution in [-0.2, 0) is 23.0 Å². The molecule has 1 aliphatic rings. The molecule has 0 amide bonds. The van der Waals surface area contributed by atoms with Crippen LogP contribution in [0, 0.1) is 5.82 Å². The Bertz CT molecular complexity index is 1470. The van der Waals surface area contributed by atoms with Crippen LogP contribution in [-0.4, -0.2) is 47.9 Å². The van der Waals surface area contributed by atoms with Crippen molar-refractivity contribution in [3.63, 3.8) is 0 Å². The van der Waals surface area contributed by atoms with Crippen LogP contribution < -0.4 is 4.90 Å². The van der Waals surface area contributed by atoms with Crippen LogP contribution in [0.2, 0.25) is 0 Å². The second-order valence-electron chi connectivity index (χ2n) is 9.46. The second kappa shape index (κ2) is 10.4. The first-order chi connectivity index (χ1) is 17.8. The molecule has 1 saturated heterocycles. The van der Waals surface area contributed by atoms with E-state index in [1.165, 1.54) is 18.3 Å². The van der Waals surface area contributed by atoms with Crippen molar-refractivity contribution in [3.05, 3.63) is 96.3 Å². The number of pyridine rings is 1. The minimum absolute atomic E-state index is 0.201. The summed E-state index contributed by atoms with van der Waals surface area (Å²) in [5.41, 5.74) is 3.90. The summed E-state index contributed by atoms with van der Waals surface area (Å²) in [6.07, 6.45) is 7.30. The van der Waals surface area contributed by atoms with Gasteiger partial charge in [0.1, 0.15) is 16.5 Å². The van der Waals surface area contributed by atoms with Crippen molar-refractivity contribution in [2.24, 2.45) is 0 Å². The number of sulfonamides is 1. The Morgan fingerprint density at radius 2 is 1.81 bits per heavy atom. The first-order valence-electron chi connectivity index (χ1n) is 12.3. The molecule has 9 heteroatoms. The molecular weight excluding hydrogens is 489 g/mol. The van der Waals surface area contributed by atoms with Crippen LogP contribution in [0.25, 0.3) is 11.3 Å². The molecule has 1 aliphatic heterocycles. The van der Waals surface area contributed by atoms with Crippen LogP contribution in [0.15, 0.2) is 84.3 Å². The minimum Gasteiger partial charge on any atom is -0.363 e. The van der Waals surface area contributed by atoms with Gasteiger partial charge >= 0.3 is 0 Å². The maximum Gasteiger partial charge on any atom is 0.245 e. The van der Waals surface area contributed by atoms with E-state index in [2.05, 4.69) is 14.5 Å². The molecule has 0 aliphatic carbocycles. The minimum atomic E-state index is -3.72. The number of hydrogen-bond donors (Lipinski definition) is 0. The van der Waals surface area contributed by atoms with Crippen molar-refractivity contribution in [2.75, 3.05) is 25.5 Å². The molecule has 2 aromatic heterocycles. The predicted molar refractivity (Wildman–Crippen MR) is 142 cm³/mol. The lowest BCUT2D eigenvalue weighted by Gasteiger charge is -2.26. The van der Waals surface area contributed by atoms with E-state index in [0.717, 1.165) is 41.6 Å². The zero-order chi connectivity index (χ0) is 26.0. The number of nitrogens with zero attached hydrogens (tertiary/aromatic N) is 5. The van der Waals surface area contributed by atoms with Crippen LogP contribution in [0.3, 0.4) is 0 Å². The first kappa shape index (κ1) is 25.1. The normalized spacial score (nSPS) is 16.2. The molecule has 2 aromatic carbocycles. The smallest absolute Gasteiger partial charge is 0.245 e. The molecule has 1 atom stereocenters. The Morgan fingerprint density at radius 3 is 2.54 bits per heavy atom. The third kappa shape index (κ3) is 5.14. The standard InChI is InChI=1S/C28H30FN5O2S/c1-32(2)28-14-13-23(18-31-28)37(35,36)34-16-5-8-26(34)24-6-3-4-7-25(24)27-19-30-20-33(27)17-15-21-9-11-22(29)12-10-21/h3-4,6-7,9-14,18-20,26H,5,8,15-17H2,1-2H3. The number of benzene rings is 2. The zero-order valence-corrected chi connectivity index (χ0v) is 21.8. The molecule has 7 nitrogen and oxygen atoms in total. The van der Waals surface area contributed by atoms with Gasteiger partial charge in [-0.15, -0.1) is 0 Å². The number of aryl methyl sites for hydroxylation is 2. The molecule has 3 heterocycles. The first-order valence-corrected chi connectivity index (χ1v) is 13.8. The van der Waals surface area contributed by atoms with Crippen molar-refractivity contribution >= 4 is 15.8 Å². The average Bonchev–Trinajstić information content (AvgIpc) is 3.59. The van der Waals surface area contributed by atoms with Crippen molar-refractivity contribution in [3.8, 4) is 11.3 Å². The fourth-order valence-corrected chi connectivity index (χ4v) is 6.53. The van der Waals surface area contributed by atoms with Gasteiger partial charge in [-0.3, -0.25) is 0 Å². The predicted octanol–water partition coefficient (Wildman–Crippen LogP) is 4.92. The topological polar surface area (TPSA) is 71.3 Å². The molecule has 1 unspecified atom stereocenters. The van der Waals surface area contributed by atoms with Gasteiger partial charge in [0.15, 0.2) is 0 Å². The largest absolute Gasteiger partial charge is 0.363 e. The third-order valence-corrected chi connectivity index (χ3v) is 8.74. The summed E-state index contributed by atoms with van der Waals surface area (Å²) in [4.78, 5) is 10.7. The van der Waals surface area contributed by atoms with Crippen LogP contribution in [0.5, 0.6) is 0 Å². The fourth-order valence-electron chi connectivity index (χ4n) is 4.91. The van der Waals surface area contributed by atoms with E-state index in [0.29, 0.717) is 18.9 Å². The zero-order valence-electron chi connectivity index (χ0n) is 21.0. The number of hydrogen-bond acceptors (Lipinski definition) is 5. The van der Waals surface area contributed by atoms with E-state index in [1.807, 2.05) is 49.5 Å². The van der Waals surface area contributed by atoms with E-state index in [-0.39, 0.29) is 16.8 Å². The van der Waals surface area contributed by atoms with Crippen molar-refractivity contribution in [1.82, 2.24) is 18.8 Å². The highest BCUT2D eigenvalue weighted by molar-refractivity contribution is 7.89. The van der Waals surface area contributed by atoms with Crippen LogP contribution in [0.4, 0.5) is 10.2 Å². The summed E-state index contributed by atoms with van der Waals surface area (Å²) in [6.45, 7) is 1.13. The number of anilines is 1. The lowest BCUT2D eigenvalue weighted by molar-refractivity contribution is 0.397. The van der Waals surface area contributed by atoms with Gasteiger partial charge in [-0.2, -0.15) is 4.31 Å². The highest BCUT2D eigenvalue weighted by Gasteiger charge is 2.37. The fraction of sp³-hybridized carbons (Fsp3) is 0.286. The SMILES string of the molecule is CN(C)c1ccc(S(=O)(=O)N2CCCC2c2ccccc2-c2cncn2CCc2ccc(F)cc2)cn1. The van der Waals surface area contributed by atoms with Crippen molar-refractivity contribution in [1.29, 1.82) is 0 Å². The molecule has 5 rings (SSSR count). The van der Waals surface area contributed by atoms with E-state index in [4.69, 9.17) is 0 Å². The van der Waals surface area contributed by atoms with E-state index in [1.54, 1.807) is 34.9 Å². The molecule has 0 N–H and O–H groups in total. The maximum absolute atomic E-state index is 13.7. The summed E-state index contributed by atoms with van der Waals surface area (Å²) >= 11 is 0. The van der Waals surface area contributed by atoms with Gasteiger partial charge in [-0.25, -0.2) is 22.8 Å². The number of rotatable bonds is 8. The molecule has 0 radical (unpaired) electrons. The monoisotopic (exact) mass is 519 g/mol. The lowest BCUT2D eigenvalue weighted by atomic mass is 9.97. The Balaban J connectivity index is 1.44. The van der Waals surface area contributed by atoms with Crippen molar-refractivity contribution in [2.45, 2.75) is 36.7 Å². The molecule has 0 bridgehead atoms. The number of halogens is 1. The molecule has 0 saturated carbocycles. The summed E-state index contributed by atoms with van der Waals surface area (Å²) in [5, 5.41) is 0. The Labute approximate surface area is 217 Å². The van der Waals surface area contributed by atoms with Crippen LogP contribution >= 0.6 is 0 Å². The van der Waals surface area contributed by atoms with Crippen molar-refractivity contribution < 1.29 is 12.8 Å². The van der Waals surface area contributed by atoms with E-state index < -0.39 is 10.0 Å². The molecule has 192 valence electrons. The number of aromatic nitrogens is 3. The van der Waals surface area contributed by atoms with Gasteiger partial charge in [-0.1, -0.05) is 36.4 Å². The lowest BCUT2D eigenvalue weighted by Crippen LogP contribution is -2.31. The quantitative estimate of drug-likeness (QED) is 0.331. The second-order valence-corrected chi connectivity index (χ2v) is 11.3. The Kier molecular flexibility index (Phi) is 7.08. The third-order valence-electron chi connectivity index (χ3n) is 6.85. The van der Waals surface area contributed by atoms with Crippen LogP contribution in [0.1, 0.15) is 30.0 Å².